The smallest absolute Gasteiger partial charge is 0.323 e. The van der Waals surface area contributed by atoms with Crippen molar-refractivity contribution in [1.82, 2.24) is 9.97 Å². The predicted molar refractivity (Wildman–Crippen MR) is 106 cm³/mol. The van der Waals surface area contributed by atoms with E-state index in [0.717, 1.165) is 16.3 Å². The van der Waals surface area contributed by atoms with Crippen LogP contribution in [0.3, 0.4) is 0 Å². The Morgan fingerprint density at radius 3 is 2.61 bits per heavy atom. The minimum atomic E-state index is -0.475. The van der Waals surface area contributed by atoms with E-state index in [1.54, 1.807) is 18.2 Å². The van der Waals surface area contributed by atoms with Crippen LogP contribution in [0.2, 0.25) is 0 Å². The average Bonchev–Trinajstić information content (AvgIpc) is 3.06. The highest BCUT2D eigenvalue weighted by Crippen LogP contribution is 2.19. The van der Waals surface area contributed by atoms with Crippen molar-refractivity contribution in [2.75, 3.05) is 11.9 Å². The molecule has 1 heterocycles. The van der Waals surface area contributed by atoms with Gasteiger partial charge in [-0.3, -0.25) is 9.59 Å². The maximum absolute atomic E-state index is 12.1. The molecule has 0 aliphatic rings. The van der Waals surface area contributed by atoms with E-state index < -0.39 is 11.9 Å². The molecule has 7 nitrogen and oxygen atoms in total. The molecule has 4 aromatic rings. The molecule has 3 N–H and O–H groups in total. The molecule has 0 saturated heterocycles. The van der Waals surface area contributed by atoms with E-state index in [9.17, 15) is 14.4 Å². The van der Waals surface area contributed by atoms with Crippen LogP contribution in [-0.4, -0.2) is 28.5 Å². The van der Waals surface area contributed by atoms with Crippen molar-refractivity contribution < 1.29 is 14.3 Å². The summed E-state index contributed by atoms with van der Waals surface area (Å²) in [4.78, 5) is 40.7. The van der Waals surface area contributed by atoms with Gasteiger partial charge in [-0.2, -0.15) is 0 Å². The lowest BCUT2D eigenvalue weighted by atomic mass is 10.0. The van der Waals surface area contributed by atoms with Gasteiger partial charge in [0.2, 0.25) is 0 Å². The second-order valence-electron chi connectivity index (χ2n) is 6.36. The molecule has 0 unspecified atom stereocenters. The number of nitrogens with one attached hydrogen (secondary N) is 3. The molecule has 0 atom stereocenters. The van der Waals surface area contributed by atoms with Gasteiger partial charge in [0.1, 0.15) is 0 Å². The van der Waals surface area contributed by atoms with Gasteiger partial charge in [-0.05, 0) is 34.5 Å². The molecule has 3 aromatic carbocycles. The SMILES string of the molecule is O=C(COC(=O)Cc1cccc2ccccc12)Nc1ccc2[nH]c(=O)[nH]c2c1. The maximum Gasteiger partial charge on any atom is 0.323 e. The molecule has 140 valence electrons. The molecule has 0 aliphatic carbocycles. The van der Waals surface area contributed by atoms with Crippen molar-refractivity contribution in [2.45, 2.75) is 6.42 Å². The number of hydrogen-bond donors (Lipinski definition) is 3. The van der Waals surface area contributed by atoms with E-state index in [1.165, 1.54) is 0 Å². The Morgan fingerprint density at radius 2 is 1.71 bits per heavy atom. The molecule has 0 saturated carbocycles. The first-order chi connectivity index (χ1) is 13.6. The van der Waals surface area contributed by atoms with Crippen LogP contribution in [0, 0.1) is 0 Å². The molecule has 28 heavy (non-hydrogen) atoms. The molecular weight excluding hydrogens is 358 g/mol. The Morgan fingerprint density at radius 1 is 0.929 bits per heavy atom. The highest BCUT2D eigenvalue weighted by Gasteiger charge is 2.11. The second-order valence-corrected chi connectivity index (χ2v) is 6.36. The zero-order valence-electron chi connectivity index (χ0n) is 14.8. The molecule has 0 radical (unpaired) electrons. The number of aromatic amines is 2. The molecule has 0 bridgehead atoms. The summed E-state index contributed by atoms with van der Waals surface area (Å²) < 4.78 is 5.11. The van der Waals surface area contributed by atoms with E-state index in [2.05, 4.69) is 15.3 Å². The average molecular weight is 375 g/mol. The lowest BCUT2D eigenvalue weighted by molar-refractivity contribution is -0.146. The van der Waals surface area contributed by atoms with E-state index in [4.69, 9.17) is 4.74 Å². The van der Waals surface area contributed by atoms with Crippen molar-refractivity contribution in [3.05, 3.63) is 76.7 Å². The van der Waals surface area contributed by atoms with Crippen molar-refractivity contribution in [3.63, 3.8) is 0 Å². The number of carbonyl (C=O) groups is 2. The largest absolute Gasteiger partial charge is 0.455 e. The summed E-state index contributed by atoms with van der Waals surface area (Å²) in [6, 6.07) is 18.5. The fraction of sp³-hybridized carbons (Fsp3) is 0.0952. The number of aromatic nitrogens is 2. The molecule has 7 heteroatoms. The third kappa shape index (κ3) is 3.78. The Balaban J connectivity index is 1.36. The lowest BCUT2D eigenvalue weighted by Crippen LogP contribution is -2.21. The highest BCUT2D eigenvalue weighted by atomic mass is 16.5. The van der Waals surface area contributed by atoms with E-state index in [0.29, 0.717) is 16.7 Å². The normalized spacial score (nSPS) is 10.9. The van der Waals surface area contributed by atoms with Crippen LogP contribution >= 0.6 is 0 Å². The van der Waals surface area contributed by atoms with Crippen LogP contribution < -0.4 is 11.0 Å². The number of anilines is 1. The minimum Gasteiger partial charge on any atom is -0.455 e. The van der Waals surface area contributed by atoms with Gasteiger partial charge in [-0.15, -0.1) is 0 Å². The first kappa shape index (κ1) is 17.5. The first-order valence-corrected chi connectivity index (χ1v) is 8.73. The molecule has 1 amide bonds. The third-order valence-corrected chi connectivity index (χ3v) is 4.38. The number of H-pyrrole nitrogens is 2. The van der Waals surface area contributed by atoms with Gasteiger partial charge >= 0.3 is 11.7 Å². The van der Waals surface area contributed by atoms with Gasteiger partial charge in [0, 0.05) is 5.69 Å². The Bertz CT molecular complexity index is 1230. The zero-order chi connectivity index (χ0) is 19.5. The number of fused-ring (bicyclic) bond motifs is 2. The number of esters is 1. The maximum atomic E-state index is 12.1. The number of rotatable bonds is 5. The summed E-state index contributed by atoms with van der Waals surface area (Å²) in [5.74, 6) is -0.930. The standard InChI is InChI=1S/C21H17N3O4/c25-19(22-15-8-9-17-18(11-15)24-21(27)23-17)12-28-20(26)10-14-6-3-5-13-4-1-2-7-16(13)14/h1-9,11H,10,12H2,(H,22,25)(H2,23,24,27). The summed E-state index contributed by atoms with van der Waals surface area (Å²) in [7, 11) is 0. The lowest BCUT2D eigenvalue weighted by Gasteiger charge is -2.08. The predicted octanol–water partition coefficient (Wildman–Crippen LogP) is 2.73. The monoisotopic (exact) mass is 375 g/mol. The van der Waals surface area contributed by atoms with Crippen LogP contribution in [0.5, 0.6) is 0 Å². The minimum absolute atomic E-state index is 0.0885. The summed E-state index contributed by atoms with van der Waals surface area (Å²) >= 11 is 0. The number of amides is 1. The molecule has 1 aromatic heterocycles. The summed E-state index contributed by atoms with van der Waals surface area (Å²) in [6.07, 6.45) is 0.0885. The molecular formula is C21H17N3O4. The van der Waals surface area contributed by atoms with Gasteiger partial charge in [0.15, 0.2) is 6.61 Å². The molecule has 0 aliphatic heterocycles. The quantitative estimate of drug-likeness (QED) is 0.467. The Labute approximate surface area is 159 Å². The fourth-order valence-corrected chi connectivity index (χ4v) is 3.11. The Hall–Kier alpha value is -3.87. The van der Waals surface area contributed by atoms with Crippen molar-refractivity contribution >= 4 is 39.4 Å². The number of carbonyl (C=O) groups excluding carboxylic acids is 2. The van der Waals surface area contributed by atoms with Gasteiger partial charge in [-0.25, -0.2) is 4.79 Å². The first-order valence-electron chi connectivity index (χ1n) is 8.73. The zero-order valence-corrected chi connectivity index (χ0v) is 14.8. The van der Waals surface area contributed by atoms with Gasteiger partial charge < -0.3 is 20.0 Å². The highest BCUT2D eigenvalue weighted by molar-refractivity contribution is 5.95. The van der Waals surface area contributed by atoms with Crippen LogP contribution in [0.1, 0.15) is 5.56 Å². The van der Waals surface area contributed by atoms with Crippen LogP contribution in [0.4, 0.5) is 5.69 Å². The summed E-state index contributed by atoms with van der Waals surface area (Å²) in [5, 5.41) is 4.67. The van der Waals surface area contributed by atoms with Crippen LogP contribution in [0.15, 0.2) is 65.5 Å². The summed E-state index contributed by atoms with van der Waals surface area (Å²) in [6.45, 7) is -0.384. The van der Waals surface area contributed by atoms with Crippen molar-refractivity contribution in [2.24, 2.45) is 0 Å². The topological polar surface area (TPSA) is 104 Å². The molecule has 4 rings (SSSR count). The number of benzene rings is 3. The van der Waals surface area contributed by atoms with Gasteiger partial charge in [0.25, 0.3) is 5.91 Å². The van der Waals surface area contributed by atoms with E-state index in [-0.39, 0.29) is 18.7 Å². The van der Waals surface area contributed by atoms with E-state index in [1.807, 2.05) is 42.5 Å². The fourth-order valence-electron chi connectivity index (χ4n) is 3.11. The van der Waals surface area contributed by atoms with Crippen molar-refractivity contribution in [3.8, 4) is 0 Å². The van der Waals surface area contributed by atoms with E-state index >= 15 is 0 Å². The molecule has 0 spiro atoms. The summed E-state index contributed by atoms with van der Waals surface area (Å²) in [5.41, 5.74) is 2.25. The third-order valence-electron chi connectivity index (χ3n) is 4.38. The Kier molecular flexibility index (Phi) is 4.63. The number of hydrogen-bond acceptors (Lipinski definition) is 4. The number of imidazole rings is 1. The second kappa shape index (κ2) is 7.40. The van der Waals surface area contributed by atoms with Crippen molar-refractivity contribution in [1.29, 1.82) is 0 Å². The van der Waals surface area contributed by atoms with Crippen LogP contribution in [-0.2, 0) is 20.7 Å². The van der Waals surface area contributed by atoms with Crippen LogP contribution in [0.25, 0.3) is 21.8 Å². The van der Waals surface area contributed by atoms with Gasteiger partial charge in [-0.1, -0.05) is 42.5 Å². The van der Waals surface area contributed by atoms with Gasteiger partial charge in [0.05, 0.1) is 17.5 Å². The molecule has 0 fully saturated rings. The number of ether oxygens (including phenoxy) is 1.